The number of hydrogen-bond donors (Lipinski definition) is 3. The Hall–Kier alpha value is -2.56. The van der Waals surface area contributed by atoms with E-state index in [4.69, 9.17) is 5.73 Å². The first-order valence-electron chi connectivity index (χ1n) is 6.43. The third-order valence-electron chi connectivity index (χ3n) is 2.89. The fourth-order valence-corrected chi connectivity index (χ4v) is 1.70. The van der Waals surface area contributed by atoms with Gasteiger partial charge in [-0.2, -0.15) is 0 Å². The molecule has 0 fully saturated rings. The maximum atomic E-state index is 11.7. The molecule has 0 bridgehead atoms. The number of nitrogens with two attached hydrogens (primary N) is 1. The summed E-state index contributed by atoms with van der Waals surface area (Å²) in [7, 11) is 0. The van der Waals surface area contributed by atoms with Crippen LogP contribution in [0, 0.1) is 6.92 Å². The Balaban J connectivity index is 1.79. The zero-order valence-corrected chi connectivity index (χ0v) is 11.4. The first-order valence-corrected chi connectivity index (χ1v) is 6.43. The van der Waals surface area contributed by atoms with Gasteiger partial charge in [-0.3, -0.25) is 4.79 Å². The van der Waals surface area contributed by atoms with Crippen molar-refractivity contribution in [3.63, 3.8) is 0 Å². The van der Waals surface area contributed by atoms with E-state index in [1.807, 2.05) is 37.3 Å². The molecule has 1 aromatic heterocycles. The summed E-state index contributed by atoms with van der Waals surface area (Å²) in [4.78, 5) is 16.0. The lowest BCUT2D eigenvalue weighted by Crippen LogP contribution is -2.29. The molecule has 5 nitrogen and oxygen atoms in total. The molecule has 5 heteroatoms. The molecule has 0 saturated heterocycles. The topological polar surface area (TPSA) is 80.0 Å². The molecule has 0 atom stereocenters. The fourth-order valence-electron chi connectivity index (χ4n) is 1.70. The molecule has 1 amide bonds. The largest absolute Gasteiger partial charge is 0.397 e. The quantitative estimate of drug-likeness (QED) is 0.772. The third-order valence-corrected chi connectivity index (χ3v) is 2.89. The van der Waals surface area contributed by atoms with E-state index < -0.39 is 0 Å². The van der Waals surface area contributed by atoms with Gasteiger partial charge in [0.1, 0.15) is 5.82 Å². The van der Waals surface area contributed by atoms with Crippen LogP contribution in [-0.4, -0.2) is 17.4 Å². The molecule has 2 rings (SSSR count). The van der Waals surface area contributed by atoms with E-state index >= 15 is 0 Å². The van der Waals surface area contributed by atoms with Crippen molar-refractivity contribution in [3.05, 3.63) is 53.7 Å². The molecule has 104 valence electrons. The van der Waals surface area contributed by atoms with Gasteiger partial charge in [-0.25, -0.2) is 4.98 Å². The second-order valence-corrected chi connectivity index (χ2v) is 4.49. The van der Waals surface area contributed by atoms with Crippen LogP contribution in [0.4, 0.5) is 11.5 Å². The minimum absolute atomic E-state index is 0.0786. The normalized spacial score (nSPS) is 10.1. The maximum absolute atomic E-state index is 11.7. The summed E-state index contributed by atoms with van der Waals surface area (Å²) in [6.07, 6.45) is 0. The number of pyridine rings is 1. The third kappa shape index (κ3) is 3.98. The van der Waals surface area contributed by atoms with Gasteiger partial charge < -0.3 is 16.4 Å². The van der Waals surface area contributed by atoms with Crippen LogP contribution in [0.2, 0.25) is 0 Å². The lowest BCUT2D eigenvalue weighted by atomic mass is 10.2. The summed E-state index contributed by atoms with van der Waals surface area (Å²) in [5.41, 5.74) is 8.15. The van der Waals surface area contributed by atoms with Gasteiger partial charge in [0.15, 0.2) is 0 Å². The summed E-state index contributed by atoms with van der Waals surface area (Å²) in [5, 5.41) is 5.81. The van der Waals surface area contributed by atoms with Gasteiger partial charge in [-0.15, -0.1) is 0 Å². The van der Waals surface area contributed by atoms with Crippen LogP contribution in [-0.2, 0) is 11.3 Å². The van der Waals surface area contributed by atoms with Gasteiger partial charge in [0.25, 0.3) is 0 Å². The number of aromatic nitrogens is 1. The first kappa shape index (κ1) is 13.9. The molecule has 0 aliphatic rings. The van der Waals surface area contributed by atoms with Gasteiger partial charge >= 0.3 is 0 Å². The summed E-state index contributed by atoms with van der Waals surface area (Å²) in [6.45, 7) is 2.54. The summed E-state index contributed by atoms with van der Waals surface area (Å²) >= 11 is 0. The monoisotopic (exact) mass is 270 g/mol. The number of amides is 1. The van der Waals surface area contributed by atoms with Crippen molar-refractivity contribution >= 4 is 17.4 Å². The molecule has 0 aliphatic carbocycles. The molecule has 2 aromatic rings. The Bertz CT molecular complexity index is 584. The van der Waals surface area contributed by atoms with Crippen molar-refractivity contribution in [3.8, 4) is 0 Å². The van der Waals surface area contributed by atoms with Crippen LogP contribution in [0.1, 0.15) is 11.3 Å². The molecule has 4 N–H and O–H groups in total. The van der Waals surface area contributed by atoms with Crippen molar-refractivity contribution in [2.24, 2.45) is 0 Å². The molecule has 1 aromatic carbocycles. The summed E-state index contributed by atoms with van der Waals surface area (Å²) < 4.78 is 0. The summed E-state index contributed by atoms with van der Waals surface area (Å²) in [6, 6.07) is 13.3. The van der Waals surface area contributed by atoms with Crippen LogP contribution in [0.15, 0.2) is 42.5 Å². The molecule has 0 saturated carbocycles. The van der Waals surface area contributed by atoms with Gasteiger partial charge in [-0.05, 0) is 24.6 Å². The van der Waals surface area contributed by atoms with E-state index in [2.05, 4.69) is 15.6 Å². The Morgan fingerprint density at radius 2 is 1.95 bits per heavy atom. The van der Waals surface area contributed by atoms with E-state index in [0.717, 1.165) is 11.3 Å². The predicted octanol–water partition coefficient (Wildman–Crippen LogP) is 1.70. The number of rotatable bonds is 5. The highest BCUT2D eigenvalue weighted by atomic mass is 16.1. The minimum atomic E-state index is -0.0786. The van der Waals surface area contributed by atoms with Crippen molar-refractivity contribution < 1.29 is 4.79 Å². The van der Waals surface area contributed by atoms with E-state index in [0.29, 0.717) is 18.1 Å². The van der Waals surface area contributed by atoms with Gasteiger partial charge in [0.05, 0.1) is 17.9 Å². The number of nitrogens with zero attached hydrogens (tertiary/aromatic N) is 1. The van der Waals surface area contributed by atoms with E-state index in [1.165, 1.54) is 0 Å². The Kier molecular flexibility index (Phi) is 4.55. The number of hydrogen-bond acceptors (Lipinski definition) is 4. The second-order valence-electron chi connectivity index (χ2n) is 4.49. The van der Waals surface area contributed by atoms with Crippen molar-refractivity contribution in [2.45, 2.75) is 13.5 Å². The highest BCUT2D eigenvalue weighted by Gasteiger charge is 2.03. The van der Waals surface area contributed by atoms with Crippen LogP contribution in [0.3, 0.4) is 0 Å². The van der Waals surface area contributed by atoms with Crippen LogP contribution < -0.4 is 16.4 Å². The second kappa shape index (κ2) is 6.56. The van der Waals surface area contributed by atoms with Gasteiger partial charge in [0, 0.05) is 6.54 Å². The molecular weight excluding hydrogens is 252 g/mol. The molecule has 1 heterocycles. The fraction of sp³-hybridized carbons (Fsp3) is 0.200. The Labute approximate surface area is 118 Å². The van der Waals surface area contributed by atoms with E-state index in [9.17, 15) is 4.79 Å². The van der Waals surface area contributed by atoms with Crippen LogP contribution >= 0.6 is 0 Å². The number of benzene rings is 1. The van der Waals surface area contributed by atoms with Gasteiger partial charge in [-0.1, -0.05) is 30.3 Å². The minimum Gasteiger partial charge on any atom is -0.397 e. The zero-order chi connectivity index (χ0) is 14.4. The molecule has 0 radical (unpaired) electrons. The van der Waals surface area contributed by atoms with E-state index in [-0.39, 0.29) is 12.5 Å². The Morgan fingerprint density at radius 3 is 2.65 bits per heavy atom. The summed E-state index contributed by atoms with van der Waals surface area (Å²) in [5.74, 6) is 0.566. The maximum Gasteiger partial charge on any atom is 0.239 e. The predicted molar refractivity (Wildman–Crippen MR) is 80.2 cm³/mol. The highest BCUT2D eigenvalue weighted by molar-refractivity contribution is 5.80. The lowest BCUT2D eigenvalue weighted by molar-refractivity contribution is -0.119. The van der Waals surface area contributed by atoms with Crippen molar-refractivity contribution in [1.82, 2.24) is 10.3 Å². The number of nitrogen functional groups attached to an aromatic ring is 1. The first-order chi connectivity index (χ1) is 9.65. The lowest BCUT2D eigenvalue weighted by Gasteiger charge is -2.08. The van der Waals surface area contributed by atoms with Crippen LogP contribution in [0.25, 0.3) is 0 Å². The number of carbonyl (C=O) groups is 1. The standard InChI is InChI=1S/C15H18N4O/c1-11-13(16)7-8-14(19-11)17-10-15(20)18-9-12-5-3-2-4-6-12/h2-8H,9-10,16H2,1H3,(H,17,19)(H,18,20). The average molecular weight is 270 g/mol. The van der Waals surface area contributed by atoms with E-state index in [1.54, 1.807) is 12.1 Å². The van der Waals surface area contributed by atoms with Crippen molar-refractivity contribution in [1.29, 1.82) is 0 Å². The smallest absolute Gasteiger partial charge is 0.239 e. The number of aryl methyl sites for hydroxylation is 1. The molecule has 0 spiro atoms. The molecule has 0 unspecified atom stereocenters. The number of carbonyl (C=O) groups excluding carboxylic acids is 1. The molecular formula is C15H18N4O. The number of anilines is 2. The van der Waals surface area contributed by atoms with Crippen molar-refractivity contribution in [2.75, 3.05) is 17.6 Å². The van der Waals surface area contributed by atoms with Crippen LogP contribution in [0.5, 0.6) is 0 Å². The zero-order valence-electron chi connectivity index (χ0n) is 11.4. The molecule has 0 aliphatic heterocycles. The Morgan fingerprint density at radius 1 is 1.20 bits per heavy atom. The van der Waals surface area contributed by atoms with Gasteiger partial charge in [0.2, 0.25) is 5.91 Å². The SMILES string of the molecule is Cc1nc(NCC(=O)NCc2ccccc2)ccc1N. The molecule has 20 heavy (non-hydrogen) atoms. The number of nitrogens with one attached hydrogen (secondary N) is 2. The highest BCUT2D eigenvalue weighted by Crippen LogP contribution is 2.11. The average Bonchev–Trinajstić information content (AvgIpc) is 2.47.